The number of likely N-dealkylation sites (tertiary alicyclic amines) is 1. The van der Waals surface area contributed by atoms with Crippen molar-refractivity contribution in [2.75, 3.05) is 30.3 Å². The van der Waals surface area contributed by atoms with Crippen LogP contribution in [-0.4, -0.2) is 47.4 Å². The van der Waals surface area contributed by atoms with Crippen molar-refractivity contribution in [1.82, 2.24) is 15.2 Å². The highest BCUT2D eigenvalue weighted by Crippen LogP contribution is 2.20. The minimum Gasteiger partial charge on any atom is -0.342 e. The first kappa shape index (κ1) is 23.6. The molecule has 0 bridgehead atoms. The molecular weight excluding hydrogens is 433 g/mol. The molecule has 2 aromatic rings. The maximum Gasteiger partial charge on any atom is 0.319 e. The molecule has 1 aliphatic rings. The van der Waals surface area contributed by atoms with Gasteiger partial charge < -0.3 is 20.9 Å². The molecule has 8 nitrogen and oxygen atoms in total. The van der Waals surface area contributed by atoms with Gasteiger partial charge in [-0.3, -0.25) is 9.59 Å². The molecule has 0 spiro atoms. The summed E-state index contributed by atoms with van der Waals surface area (Å²) in [6.07, 6.45) is 1.94. The monoisotopic (exact) mass is 461 g/mol. The van der Waals surface area contributed by atoms with E-state index in [2.05, 4.69) is 20.9 Å². The topological polar surface area (TPSA) is 103 Å². The molecule has 1 atom stereocenters. The van der Waals surface area contributed by atoms with Gasteiger partial charge in [0.2, 0.25) is 11.8 Å². The zero-order valence-corrected chi connectivity index (χ0v) is 19.0. The van der Waals surface area contributed by atoms with E-state index in [9.17, 15) is 18.8 Å². The number of nitrogens with one attached hydrogen (secondary N) is 3. The lowest BCUT2D eigenvalue weighted by Crippen LogP contribution is -2.44. The summed E-state index contributed by atoms with van der Waals surface area (Å²) in [5.41, 5.74) is 1.02. The minimum atomic E-state index is -0.418. The van der Waals surface area contributed by atoms with Crippen molar-refractivity contribution >= 4 is 40.0 Å². The lowest BCUT2D eigenvalue weighted by Gasteiger charge is -2.32. The largest absolute Gasteiger partial charge is 0.342 e. The van der Waals surface area contributed by atoms with Crippen LogP contribution in [0.3, 0.4) is 0 Å². The van der Waals surface area contributed by atoms with Gasteiger partial charge in [0, 0.05) is 36.6 Å². The average molecular weight is 462 g/mol. The highest BCUT2D eigenvalue weighted by molar-refractivity contribution is 7.13. The summed E-state index contributed by atoms with van der Waals surface area (Å²) < 4.78 is 13.2. The van der Waals surface area contributed by atoms with Crippen LogP contribution in [0.4, 0.5) is 20.0 Å². The molecule has 32 heavy (non-hydrogen) atoms. The predicted octanol–water partition coefficient (Wildman–Crippen LogP) is 3.48. The Morgan fingerprint density at radius 1 is 1.28 bits per heavy atom. The smallest absolute Gasteiger partial charge is 0.319 e. The van der Waals surface area contributed by atoms with Crippen LogP contribution in [0.1, 0.15) is 32.4 Å². The van der Waals surface area contributed by atoms with Gasteiger partial charge in [0.25, 0.3) is 0 Å². The number of nitrogens with zero attached hydrogens (tertiary/aromatic N) is 2. The molecule has 0 radical (unpaired) electrons. The summed E-state index contributed by atoms with van der Waals surface area (Å²) in [6.45, 7) is 5.26. The Morgan fingerprint density at radius 2 is 2.09 bits per heavy atom. The Bertz CT molecular complexity index is 965. The number of benzene rings is 1. The summed E-state index contributed by atoms with van der Waals surface area (Å²) in [4.78, 5) is 42.7. The molecule has 10 heteroatoms. The number of piperidine rings is 1. The summed E-state index contributed by atoms with van der Waals surface area (Å²) in [5, 5.41) is 10.4. The first-order valence-electron chi connectivity index (χ1n) is 10.6. The molecule has 172 valence electrons. The van der Waals surface area contributed by atoms with Crippen molar-refractivity contribution in [3.8, 4) is 0 Å². The number of hydrogen-bond donors (Lipinski definition) is 3. The molecule has 1 aromatic carbocycles. The summed E-state index contributed by atoms with van der Waals surface area (Å²) in [5.74, 6) is -0.546. The van der Waals surface area contributed by atoms with Crippen molar-refractivity contribution in [1.29, 1.82) is 0 Å². The van der Waals surface area contributed by atoms with E-state index >= 15 is 0 Å². The number of aromatic nitrogens is 1. The number of carbonyl (C=O) groups is 3. The van der Waals surface area contributed by atoms with E-state index in [0.717, 1.165) is 12.8 Å². The molecule has 4 amide bonds. The molecule has 1 unspecified atom stereocenters. The predicted molar refractivity (Wildman–Crippen MR) is 122 cm³/mol. The number of amides is 4. The summed E-state index contributed by atoms with van der Waals surface area (Å²) in [7, 11) is 0. The zero-order valence-electron chi connectivity index (χ0n) is 18.2. The van der Waals surface area contributed by atoms with Gasteiger partial charge in [0.05, 0.1) is 12.1 Å². The summed E-state index contributed by atoms with van der Waals surface area (Å²) >= 11 is 1.31. The Labute approximate surface area is 190 Å². The van der Waals surface area contributed by atoms with Crippen molar-refractivity contribution in [3.05, 3.63) is 41.2 Å². The summed E-state index contributed by atoms with van der Waals surface area (Å²) in [6, 6.07) is 5.29. The van der Waals surface area contributed by atoms with Gasteiger partial charge in [-0.05, 0) is 37.0 Å². The van der Waals surface area contributed by atoms with Gasteiger partial charge in [-0.2, -0.15) is 0 Å². The maximum absolute atomic E-state index is 13.2. The molecule has 3 rings (SSSR count). The quantitative estimate of drug-likeness (QED) is 0.587. The van der Waals surface area contributed by atoms with E-state index in [0.29, 0.717) is 36.1 Å². The van der Waals surface area contributed by atoms with Crippen LogP contribution in [-0.2, 0) is 16.0 Å². The van der Waals surface area contributed by atoms with E-state index in [1.165, 1.54) is 29.5 Å². The number of rotatable bonds is 7. The van der Waals surface area contributed by atoms with E-state index in [1.54, 1.807) is 30.2 Å². The first-order chi connectivity index (χ1) is 15.3. The van der Waals surface area contributed by atoms with Crippen LogP contribution in [0.15, 0.2) is 29.6 Å². The van der Waals surface area contributed by atoms with Crippen molar-refractivity contribution in [2.45, 2.75) is 33.1 Å². The molecule has 0 aliphatic carbocycles. The van der Waals surface area contributed by atoms with Crippen LogP contribution < -0.4 is 16.0 Å². The third kappa shape index (κ3) is 7.01. The molecule has 1 saturated heterocycles. The number of halogens is 1. The maximum atomic E-state index is 13.2. The number of anilines is 2. The molecule has 3 N–H and O–H groups in total. The average Bonchev–Trinajstić information content (AvgIpc) is 3.19. The third-order valence-electron chi connectivity index (χ3n) is 5.14. The van der Waals surface area contributed by atoms with Crippen molar-refractivity contribution < 1.29 is 18.8 Å². The molecular formula is C22H28FN5O3S. The Morgan fingerprint density at radius 3 is 2.84 bits per heavy atom. The fourth-order valence-corrected chi connectivity index (χ4v) is 4.11. The van der Waals surface area contributed by atoms with Gasteiger partial charge >= 0.3 is 6.03 Å². The van der Waals surface area contributed by atoms with Gasteiger partial charge in [-0.25, -0.2) is 14.2 Å². The van der Waals surface area contributed by atoms with E-state index in [-0.39, 0.29) is 30.1 Å². The lowest BCUT2D eigenvalue weighted by atomic mass is 9.97. The fourth-order valence-electron chi connectivity index (χ4n) is 3.40. The van der Waals surface area contributed by atoms with Crippen LogP contribution in [0.25, 0.3) is 0 Å². The number of carbonyl (C=O) groups excluding carboxylic acids is 3. The van der Waals surface area contributed by atoms with Crippen molar-refractivity contribution in [3.63, 3.8) is 0 Å². The second-order valence-corrected chi connectivity index (χ2v) is 9.02. The zero-order chi connectivity index (χ0) is 23.1. The second kappa shape index (κ2) is 11.0. The molecule has 1 aromatic heterocycles. The van der Waals surface area contributed by atoms with E-state index in [1.807, 2.05) is 0 Å². The number of thiazole rings is 1. The minimum absolute atomic E-state index is 0.0223. The number of hydrogen-bond acceptors (Lipinski definition) is 5. The Balaban J connectivity index is 1.45. The normalized spacial score (nSPS) is 16.0. The van der Waals surface area contributed by atoms with Crippen LogP contribution in [0, 0.1) is 17.7 Å². The van der Waals surface area contributed by atoms with Crippen molar-refractivity contribution in [2.24, 2.45) is 11.8 Å². The number of urea groups is 1. The Hall–Kier alpha value is -3.01. The SMILES string of the molecule is CC(C)C(=O)Nc1nc(CC(=O)N2CCCC(CNC(=O)Nc3cccc(F)c3)C2)cs1. The Kier molecular flexibility index (Phi) is 8.15. The molecule has 0 saturated carbocycles. The van der Waals surface area contributed by atoms with Crippen LogP contribution >= 0.6 is 11.3 Å². The first-order valence-corrected chi connectivity index (χ1v) is 11.5. The standard InChI is InChI=1S/C22H28FN5O3S/c1-14(2)20(30)27-22-26-18(13-32-22)10-19(29)28-8-4-5-15(12-28)11-24-21(31)25-17-7-3-6-16(23)9-17/h3,6-7,9,13-15H,4-5,8,10-12H2,1-2H3,(H2,24,25,31)(H,26,27,30). The molecule has 1 fully saturated rings. The van der Waals surface area contributed by atoms with E-state index in [4.69, 9.17) is 0 Å². The van der Waals surface area contributed by atoms with Crippen LogP contribution in [0.5, 0.6) is 0 Å². The van der Waals surface area contributed by atoms with Crippen LogP contribution in [0.2, 0.25) is 0 Å². The van der Waals surface area contributed by atoms with Gasteiger partial charge in [0.15, 0.2) is 5.13 Å². The fraction of sp³-hybridized carbons (Fsp3) is 0.455. The third-order valence-corrected chi connectivity index (χ3v) is 5.95. The highest BCUT2D eigenvalue weighted by Gasteiger charge is 2.24. The van der Waals surface area contributed by atoms with E-state index < -0.39 is 11.8 Å². The molecule has 1 aliphatic heterocycles. The lowest BCUT2D eigenvalue weighted by molar-refractivity contribution is -0.132. The van der Waals surface area contributed by atoms with Gasteiger partial charge in [-0.15, -0.1) is 11.3 Å². The molecule has 2 heterocycles. The second-order valence-electron chi connectivity index (χ2n) is 8.16. The highest BCUT2D eigenvalue weighted by atomic mass is 32.1. The van der Waals surface area contributed by atoms with Gasteiger partial charge in [-0.1, -0.05) is 19.9 Å². The van der Waals surface area contributed by atoms with Gasteiger partial charge in [0.1, 0.15) is 5.82 Å².